The highest BCUT2D eigenvalue weighted by molar-refractivity contribution is 7.16. The third kappa shape index (κ3) is 2.72. The number of hydrogen-bond acceptors (Lipinski definition) is 3. The Kier molecular flexibility index (Phi) is 3.47. The van der Waals surface area contributed by atoms with Gasteiger partial charge in [-0.15, -0.1) is 11.3 Å². The zero-order valence-electron chi connectivity index (χ0n) is 13.0. The molecular weight excluding hydrogens is 351 g/mol. The lowest BCUT2D eigenvalue weighted by molar-refractivity contribution is -0.136. The number of rotatable bonds is 2. The molecule has 128 valence electrons. The predicted molar refractivity (Wildman–Crippen MR) is 90.1 cm³/mol. The first-order valence-electron chi connectivity index (χ1n) is 7.47. The Morgan fingerprint density at radius 2 is 1.96 bits per heavy atom. The SMILES string of the molecule is Cc1cn2c(=O)cc(Cn3cc(C(F)(F)F)c4ccccc43)nc2s1. The minimum absolute atomic E-state index is 0.0965. The van der Waals surface area contributed by atoms with E-state index in [1.165, 1.54) is 32.4 Å². The lowest BCUT2D eigenvalue weighted by Crippen LogP contribution is -2.14. The van der Waals surface area contributed by atoms with Gasteiger partial charge in [-0.25, -0.2) is 4.98 Å². The van der Waals surface area contributed by atoms with Crippen molar-refractivity contribution in [2.24, 2.45) is 0 Å². The van der Waals surface area contributed by atoms with Gasteiger partial charge in [-0.1, -0.05) is 18.2 Å². The van der Waals surface area contributed by atoms with Crippen molar-refractivity contribution in [3.63, 3.8) is 0 Å². The second kappa shape index (κ2) is 5.45. The van der Waals surface area contributed by atoms with Crippen LogP contribution in [0.1, 0.15) is 16.1 Å². The van der Waals surface area contributed by atoms with Gasteiger partial charge in [0.15, 0.2) is 4.96 Å². The van der Waals surface area contributed by atoms with E-state index in [1.54, 1.807) is 24.4 Å². The molecule has 0 bridgehead atoms. The highest BCUT2D eigenvalue weighted by Gasteiger charge is 2.34. The van der Waals surface area contributed by atoms with Crippen molar-refractivity contribution in [3.8, 4) is 0 Å². The molecule has 0 aliphatic heterocycles. The van der Waals surface area contributed by atoms with E-state index in [0.717, 1.165) is 11.1 Å². The number of benzene rings is 1. The smallest absolute Gasteiger partial charge is 0.341 e. The molecule has 0 aliphatic carbocycles. The summed E-state index contributed by atoms with van der Waals surface area (Å²) in [7, 11) is 0. The van der Waals surface area contributed by atoms with E-state index in [2.05, 4.69) is 4.98 Å². The third-order valence-corrected chi connectivity index (χ3v) is 4.86. The molecule has 0 spiro atoms. The van der Waals surface area contributed by atoms with Gasteiger partial charge >= 0.3 is 6.18 Å². The summed E-state index contributed by atoms with van der Waals surface area (Å²) in [5.41, 5.74) is -0.0368. The molecule has 4 aromatic rings. The molecule has 3 aromatic heterocycles. The van der Waals surface area contributed by atoms with Crippen molar-refractivity contribution >= 4 is 27.2 Å². The fourth-order valence-electron chi connectivity index (χ4n) is 2.92. The molecule has 0 saturated heterocycles. The monoisotopic (exact) mass is 363 g/mol. The van der Waals surface area contributed by atoms with E-state index in [0.29, 0.717) is 16.2 Å². The molecule has 0 saturated carbocycles. The third-order valence-electron chi connectivity index (χ3n) is 3.96. The Balaban J connectivity index is 1.85. The van der Waals surface area contributed by atoms with Crippen LogP contribution in [-0.4, -0.2) is 14.0 Å². The molecule has 1 aromatic carbocycles. The summed E-state index contributed by atoms with van der Waals surface area (Å²) in [4.78, 5) is 18.1. The van der Waals surface area contributed by atoms with Crippen LogP contribution < -0.4 is 5.56 Å². The van der Waals surface area contributed by atoms with Gasteiger partial charge in [0, 0.05) is 34.2 Å². The standard InChI is InChI=1S/C17H12F3N3OS/c1-10-7-23-15(24)6-11(21-16(23)25-10)8-22-9-13(17(18,19)20)12-4-2-3-5-14(12)22/h2-7,9H,8H2,1H3. The second-order valence-electron chi connectivity index (χ2n) is 5.77. The van der Waals surface area contributed by atoms with Crippen molar-refractivity contribution in [2.45, 2.75) is 19.6 Å². The fourth-order valence-corrected chi connectivity index (χ4v) is 3.77. The van der Waals surface area contributed by atoms with Crippen LogP contribution in [0, 0.1) is 6.92 Å². The van der Waals surface area contributed by atoms with Crippen molar-refractivity contribution < 1.29 is 13.2 Å². The molecule has 0 N–H and O–H groups in total. The molecule has 0 aliphatic rings. The van der Waals surface area contributed by atoms with E-state index in [9.17, 15) is 18.0 Å². The molecule has 25 heavy (non-hydrogen) atoms. The summed E-state index contributed by atoms with van der Waals surface area (Å²) in [6.45, 7) is 1.97. The minimum atomic E-state index is -4.44. The van der Waals surface area contributed by atoms with Gasteiger partial charge in [-0.05, 0) is 13.0 Å². The maximum atomic E-state index is 13.3. The van der Waals surface area contributed by atoms with Crippen LogP contribution in [-0.2, 0) is 12.7 Å². The van der Waals surface area contributed by atoms with E-state index in [1.807, 2.05) is 6.92 Å². The lowest BCUT2D eigenvalue weighted by atomic mass is 10.2. The predicted octanol–water partition coefficient (Wildman–Crippen LogP) is 4.09. The largest absolute Gasteiger partial charge is 0.418 e. The summed E-state index contributed by atoms with van der Waals surface area (Å²) < 4.78 is 42.7. The van der Waals surface area contributed by atoms with Gasteiger partial charge in [-0.2, -0.15) is 13.2 Å². The Morgan fingerprint density at radius 1 is 1.20 bits per heavy atom. The molecule has 3 heterocycles. The number of thiazole rings is 1. The number of alkyl halides is 3. The van der Waals surface area contributed by atoms with E-state index >= 15 is 0 Å². The highest BCUT2D eigenvalue weighted by atomic mass is 32.1. The molecule has 0 atom stereocenters. The summed E-state index contributed by atoms with van der Waals surface area (Å²) in [5.74, 6) is 0. The first kappa shape index (κ1) is 15.9. The van der Waals surface area contributed by atoms with Crippen molar-refractivity contribution in [1.82, 2.24) is 14.0 Å². The molecule has 0 fully saturated rings. The lowest BCUT2D eigenvalue weighted by Gasteiger charge is -2.05. The summed E-state index contributed by atoms with van der Waals surface area (Å²) in [6, 6.07) is 7.70. The molecule has 4 nitrogen and oxygen atoms in total. The van der Waals surface area contributed by atoms with Gasteiger partial charge in [0.1, 0.15) is 0 Å². The van der Waals surface area contributed by atoms with Gasteiger partial charge in [0.2, 0.25) is 0 Å². The summed E-state index contributed by atoms with van der Waals surface area (Å²) in [5, 5.41) is 0.139. The topological polar surface area (TPSA) is 39.3 Å². The first-order chi connectivity index (χ1) is 11.8. The van der Waals surface area contributed by atoms with Gasteiger partial charge < -0.3 is 4.57 Å². The van der Waals surface area contributed by atoms with Crippen LogP contribution in [0.25, 0.3) is 15.9 Å². The average molecular weight is 363 g/mol. The van der Waals surface area contributed by atoms with E-state index in [-0.39, 0.29) is 17.5 Å². The molecule has 0 radical (unpaired) electrons. The number of aryl methyl sites for hydroxylation is 1. The van der Waals surface area contributed by atoms with Crippen molar-refractivity contribution in [1.29, 1.82) is 0 Å². The summed E-state index contributed by atoms with van der Waals surface area (Å²) >= 11 is 1.37. The number of halogens is 3. The maximum absolute atomic E-state index is 13.3. The van der Waals surface area contributed by atoms with Crippen LogP contribution in [0.5, 0.6) is 0 Å². The fraction of sp³-hybridized carbons (Fsp3) is 0.176. The average Bonchev–Trinajstić information content (AvgIpc) is 3.08. The number of hydrogen-bond donors (Lipinski definition) is 0. The van der Waals surface area contributed by atoms with Crippen LogP contribution in [0.4, 0.5) is 13.2 Å². The summed E-state index contributed by atoms with van der Waals surface area (Å²) in [6.07, 6.45) is -1.66. The Morgan fingerprint density at radius 3 is 2.72 bits per heavy atom. The van der Waals surface area contributed by atoms with Crippen LogP contribution >= 0.6 is 11.3 Å². The van der Waals surface area contributed by atoms with Gasteiger partial charge in [0.05, 0.1) is 17.8 Å². The van der Waals surface area contributed by atoms with E-state index < -0.39 is 11.7 Å². The molecular formula is C17H12F3N3OS. The Labute approximate surface area is 143 Å². The highest BCUT2D eigenvalue weighted by Crippen LogP contribution is 2.36. The maximum Gasteiger partial charge on any atom is 0.418 e. The molecule has 0 unspecified atom stereocenters. The van der Waals surface area contributed by atoms with Gasteiger partial charge in [-0.3, -0.25) is 9.20 Å². The molecule has 8 heteroatoms. The van der Waals surface area contributed by atoms with Crippen molar-refractivity contribution in [3.05, 3.63) is 69.2 Å². The van der Waals surface area contributed by atoms with E-state index in [4.69, 9.17) is 0 Å². The Hall–Kier alpha value is -2.61. The number of para-hydroxylation sites is 1. The van der Waals surface area contributed by atoms with Gasteiger partial charge in [0.25, 0.3) is 5.56 Å². The zero-order chi connectivity index (χ0) is 17.8. The number of fused-ring (bicyclic) bond motifs is 2. The minimum Gasteiger partial charge on any atom is -0.341 e. The quantitative estimate of drug-likeness (QED) is 0.538. The number of nitrogens with zero attached hydrogens (tertiary/aromatic N) is 3. The van der Waals surface area contributed by atoms with Crippen LogP contribution in [0.3, 0.4) is 0 Å². The molecule has 4 rings (SSSR count). The van der Waals surface area contributed by atoms with Crippen LogP contribution in [0.2, 0.25) is 0 Å². The van der Waals surface area contributed by atoms with Crippen molar-refractivity contribution in [2.75, 3.05) is 0 Å². The normalized spacial score (nSPS) is 12.3. The first-order valence-corrected chi connectivity index (χ1v) is 8.28. The Bertz CT molecular complexity index is 1150. The molecule has 0 amide bonds. The number of aromatic nitrogens is 3. The zero-order valence-corrected chi connectivity index (χ0v) is 13.9. The van der Waals surface area contributed by atoms with Crippen LogP contribution in [0.15, 0.2) is 47.5 Å². The second-order valence-corrected chi connectivity index (χ2v) is 6.98.